The van der Waals surface area contributed by atoms with Crippen molar-refractivity contribution in [1.29, 1.82) is 0 Å². The molecule has 1 aromatic rings. The molecule has 7 heteroatoms. The first kappa shape index (κ1) is 23.7. The fraction of sp³-hybridized carbons (Fsp3) is 0.565. The van der Waals surface area contributed by atoms with E-state index in [1.165, 1.54) is 11.0 Å². The smallest absolute Gasteiger partial charge is 0.417 e. The zero-order chi connectivity index (χ0) is 22.5. The molecule has 1 aliphatic rings. The molecule has 3 atom stereocenters. The topological polar surface area (TPSA) is 77.1 Å². The van der Waals surface area contributed by atoms with Crippen LogP contribution in [0.4, 0.5) is 10.5 Å². The van der Waals surface area contributed by atoms with Crippen molar-refractivity contribution in [1.82, 2.24) is 4.90 Å². The highest BCUT2D eigenvalue weighted by Crippen LogP contribution is 2.32. The predicted octanol–water partition coefficient (Wildman–Crippen LogP) is 4.38. The summed E-state index contributed by atoms with van der Waals surface area (Å²) in [5.41, 5.74) is -0.525. The highest BCUT2D eigenvalue weighted by molar-refractivity contribution is 6.01. The number of hydrogen-bond donors (Lipinski definition) is 1. The van der Waals surface area contributed by atoms with Gasteiger partial charge in [-0.2, -0.15) is 0 Å². The van der Waals surface area contributed by atoms with Gasteiger partial charge < -0.3 is 19.5 Å². The number of methoxy groups -OCH3 is 2. The van der Waals surface area contributed by atoms with Crippen molar-refractivity contribution in [2.45, 2.75) is 70.7 Å². The second kappa shape index (κ2) is 9.51. The summed E-state index contributed by atoms with van der Waals surface area (Å²) in [7, 11) is 3.26. The molecule has 166 valence electrons. The first-order chi connectivity index (χ1) is 14.0. The van der Waals surface area contributed by atoms with E-state index in [2.05, 4.69) is 12.2 Å². The summed E-state index contributed by atoms with van der Waals surface area (Å²) in [5, 5.41) is 3.48. The quantitative estimate of drug-likeness (QED) is 0.675. The molecular formula is C23H34N2O5. The van der Waals surface area contributed by atoms with Crippen LogP contribution in [0.15, 0.2) is 36.4 Å². The van der Waals surface area contributed by atoms with E-state index in [1.807, 2.05) is 31.2 Å². The van der Waals surface area contributed by atoms with Gasteiger partial charge in [-0.1, -0.05) is 19.4 Å². The molecule has 1 N–H and O–H groups in total. The van der Waals surface area contributed by atoms with Crippen LogP contribution < -0.4 is 10.1 Å². The molecule has 1 aliphatic heterocycles. The Morgan fingerprint density at radius 1 is 1.17 bits per heavy atom. The fourth-order valence-electron chi connectivity index (χ4n) is 3.62. The number of benzene rings is 1. The number of anilines is 1. The molecule has 0 spiro atoms. The average Bonchev–Trinajstić information content (AvgIpc) is 3.06. The number of carbonyl (C=O) groups is 2. The first-order valence-electron chi connectivity index (χ1n) is 10.2. The van der Waals surface area contributed by atoms with Gasteiger partial charge in [0.15, 0.2) is 0 Å². The second-order valence-electron chi connectivity index (χ2n) is 8.66. The van der Waals surface area contributed by atoms with Crippen LogP contribution in [0.5, 0.6) is 5.75 Å². The monoisotopic (exact) mass is 418 g/mol. The molecule has 0 saturated heterocycles. The normalized spacial score (nSPS) is 19.4. The Bertz CT molecular complexity index is 769. The summed E-state index contributed by atoms with van der Waals surface area (Å²) in [5.74, 6) is 0.345. The minimum atomic E-state index is -0.711. The maximum Gasteiger partial charge on any atom is 0.417 e. The molecule has 7 nitrogen and oxygen atoms in total. The minimum absolute atomic E-state index is 0.397. The van der Waals surface area contributed by atoms with Gasteiger partial charge in [0.1, 0.15) is 11.4 Å². The van der Waals surface area contributed by atoms with Crippen molar-refractivity contribution in [2.75, 3.05) is 19.5 Å². The van der Waals surface area contributed by atoms with Gasteiger partial charge in [0.05, 0.1) is 24.8 Å². The largest absolute Gasteiger partial charge is 0.497 e. The van der Waals surface area contributed by atoms with Crippen LogP contribution in [0.3, 0.4) is 0 Å². The molecule has 0 radical (unpaired) electrons. The van der Waals surface area contributed by atoms with Gasteiger partial charge in [-0.25, -0.2) is 9.69 Å². The molecule has 2 rings (SSSR count). The van der Waals surface area contributed by atoms with Crippen molar-refractivity contribution in [2.24, 2.45) is 0 Å². The van der Waals surface area contributed by atoms with Crippen molar-refractivity contribution in [3.05, 3.63) is 36.4 Å². The van der Waals surface area contributed by atoms with E-state index in [0.717, 1.165) is 24.3 Å². The molecule has 1 aromatic carbocycles. The molecule has 0 aromatic heterocycles. The summed E-state index contributed by atoms with van der Waals surface area (Å²) in [4.78, 5) is 26.6. The zero-order valence-electron chi connectivity index (χ0n) is 19.0. The molecule has 0 bridgehead atoms. The molecule has 0 saturated carbocycles. The number of nitrogens with one attached hydrogen (secondary N) is 1. The summed E-state index contributed by atoms with van der Waals surface area (Å²) in [6.07, 6.45) is 4.10. The third-order valence-corrected chi connectivity index (χ3v) is 5.19. The molecule has 2 amide bonds. The zero-order valence-corrected chi connectivity index (χ0v) is 19.0. The van der Waals surface area contributed by atoms with E-state index < -0.39 is 35.3 Å². The van der Waals surface area contributed by atoms with E-state index in [1.54, 1.807) is 41.1 Å². The standard InChI is InChI=1S/C23H34N2O5/c1-8-15-23(5,29-7)20(24-16-9-11-17(28-6)12-10-16)18-13-14-19(26)25(18)21(27)30-22(2,3)4/h9-14,18,20,24H,8,15H2,1-7H3/t18-,20?,23-/m1/s1. The van der Waals surface area contributed by atoms with Gasteiger partial charge in [-0.3, -0.25) is 4.79 Å². The third-order valence-electron chi connectivity index (χ3n) is 5.19. The SMILES string of the molecule is CCC[C@@](C)(OC)C(Nc1ccc(OC)cc1)[C@H]1C=CC(=O)N1C(=O)OC(C)(C)C. The van der Waals surface area contributed by atoms with Crippen molar-refractivity contribution in [3.8, 4) is 5.75 Å². The molecule has 0 fully saturated rings. The second-order valence-corrected chi connectivity index (χ2v) is 8.66. The van der Waals surface area contributed by atoms with Gasteiger partial charge >= 0.3 is 6.09 Å². The maximum absolute atomic E-state index is 12.9. The number of imide groups is 1. The number of rotatable bonds is 8. The van der Waals surface area contributed by atoms with Crippen LogP contribution in [-0.4, -0.2) is 54.4 Å². The van der Waals surface area contributed by atoms with Gasteiger partial charge in [0.2, 0.25) is 0 Å². The van der Waals surface area contributed by atoms with Gasteiger partial charge in [0, 0.05) is 18.9 Å². The molecule has 1 unspecified atom stereocenters. The molecule has 0 aliphatic carbocycles. The van der Waals surface area contributed by atoms with Crippen molar-refractivity contribution >= 4 is 17.7 Å². The summed E-state index contributed by atoms with van der Waals surface area (Å²) in [6.45, 7) is 9.39. The summed E-state index contributed by atoms with van der Waals surface area (Å²) < 4.78 is 16.7. The van der Waals surface area contributed by atoms with Crippen LogP contribution in [-0.2, 0) is 14.3 Å². The Balaban J connectivity index is 2.41. The molecule has 1 heterocycles. The lowest BCUT2D eigenvalue weighted by Crippen LogP contribution is -2.59. The number of carbonyl (C=O) groups excluding carboxylic acids is 2. The lowest BCUT2D eigenvalue weighted by atomic mass is 9.85. The Morgan fingerprint density at radius 3 is 2.30 bits per heavy atom. The number of amides is 2. The van der Waals surface area contributed by atoms with Crippen LogP contribution in [0, 0.1) is 0 Å². The Hall–Kier alpha value is -2.54. The lowest BCUT2D eigenvalue weighted by Gasteiger charge is -2.42. The van der Waals surface area contributed by atoms with Gasteiger partial charge in [-0.05, 0) is 58.4 Å². The van der Waals surface area contributed by atoms with Gasteiger partial charge in [0.25, 0.3) is 5.91 Å². The fourth-order valence-corrected chi connectivity index (χ4v) is 3.62. The van der Waals surface area contributed by atoms with Crippen LogP contribution in [0.1, 0.15) is 47.5 Å². The average molecular weight is 419 g/mol. The van der Waals surface area contributed by atoms with Crippen molar-refractivity contribution < 1.29 is 23.8 Å². The van der Waals surface area contributed by atoms with E-state index in [0.29, 0.717) is 0 Å². The third kappa shape index (κ3) is 5.53. The van der Waals surface area contributed by atoms with E-state index in [9.17, 15) is 9.59 Å². The van der Waals surface area contributed by atoms with E-state index in [-0.39, 0.29) is 0 Å². The summed E-state index contributed by atoms with van der Waals surface area (Å²) in [6, 6.07) is 6.53. The van der Waals surface area contributed by atoms with E-state index >= 15 is 0 Å². The number of ether oxygens (including phenoxy) is 3. The van der Waals surface area contributed by atoms with Crippen molar-refractivity contribution in [3.63, 3.8) is 0 Å². The number of nitrogens with zero attached hydrogens (tertiary/aromatic N) is 1. The Morgan fingerprint density at radius 2 is 1.80 bits per heavy atom. The maximum atomic E-state index is 12.9. The van der Waals surface area contributed by atoms with E-state index in [4.69, 9.17) is 14.2 Å². The predicted molar refractivity (Wildman–Crippen MR) is 117 cm³/mol. The molecular weight excluding hydrogens is 384 g/mol. The Kier molecular flexibility index (Phi) is 7.53. The number of hydrogen-bond acceptors (Lipinski definition) is 6. The highest BCUT2D eigenvalue weighted by Gasteiger charge is 2.46. The van der Waals surface area contributed by atoms with Crippen LogP contribution in [0.25, 0.3) is 0 Å². The van der Waals surface area contributed by atoms with Crippen LogP contribution >= 0.6 is 0 Å². The lowest BCUT2D eigenvalue weighted by molar-refractivity contribution is -0.126. The van der Waals surface area contributed by atoms with Gasteiger partial charge in [-0.15, -0.1) is 0 Å². The highest BCUT2D eigenvalue weighted by atomic mass is 16.6. The molecule has 30 heavy (non-hydrogen) atoms. The first-order valence-corrected chi connectivity index (χ1v) is 10.2. The Labute approximate surface area is 179 Å². The van der Waals surface area contributed by atoms with Crippen LogP contribution in [0.2, 0.25) is 0 Å². The minimum Gasteiger partial charge on any atom is -0.497 e. The summed E-state index contributed by atoms with van der Waals surface area (Å²) >= 11 is 0.